The number of carbonyl (C=O) groups is 1. The van der Waals surface area contributed by atoms with Gasteiger partial charge in [0.1, 0.15) is 11.9 Å². The molecule has 24 heavy (non-hydrogen) atoms. The summed E-state index contributed by atoms with van der Waals surface area (Å²) in [4.78, 5) is 11.4. The lowest BCUT2D eigenvalue weighted by Gasteiger charge is -2.18. The van der Waals surface area contributed by atoms with Gasteiger partial charge in [0.25, 0.3) is 0 Å². The van der Waals surface area contributed by atoms with Gasteiger partial charge in [-0.1, -0.05) is 37.5 Å². The van der Waals surface area contributed by atoms with E-state index >= 15 is 0 Å². The molecule has 2 N–H and O–H groups in total. The Hall–Kier alpha value is -1.54. The molecule has 0 bridgehead atoms. The first-order valence-electron chi connectivity index (χ1n) is 8.09. The third kappa shape index (κ3) is 6.92. The molecule has 0 aliphatic heterocycles. The molecule has 0 fully saturated rings. The van der Waals surface area contributed by atoms with Gasteiger partial charge in [-0.3, -0.25) is 0 Å². The van der Waals surface area contributed by atoms with Gasteiger partial charge in [-0.05, 0) is 38.6 Å². The molecule has 1 rings (SSSR count). The maximum Gasteiger partial charge on any atom is 0.394 e. The Morgan fingerprint density at radius 2 is 1.83 bits per heavy atom. The monoisotopic (exact) mass is 352 g/mol. The number of hydrogen-bond acceptors (Lipinski definition) is 5. The minimum atomic E-state index is -3.56. The number of amides is 1. The molecule has 6 nitrogen and oxygen atoms in total. The summed E-state index contributed by atoms with van der Waals surface area (Å²) >= 11 is 0. The first kappa shape index (κ1) is 20.5. The summed E-state index contributed by atoms with van der Waals surface area (Å²) in [6.45, 7) is 0.738. The maximum absolute atomic E-state index is 12.7. The molecule has 2 radical (unpaired) electrons. The van der Waals surface area contributed by atoms with Gasteiger partial charge >= 0.3 is 6.09 Å². The van der Waals surface area contributed by atoms with Crippen LogP contribution in [-0.2, 0) is 14.6 Å². The van der Waals surface area contributed by atoms with E-state index in [0.717, 1.165) is 32.2 Å². The van der Waals surface area contributed by atoms with Crippen LogP contribution in [0.5, 0.6) is 0 Å². The van der Waals surface area contributed by atoms with E-state index in [1.54, 1.807) is 30.3 Å². The average Bonchev–Trinajstić information content (AvgIpc) is 2.60. The number of benzene rings is 1. The van der Waals surface area contributed by atoms with Gasteiger partial charge < -0.3 is 15.3 Å². The van der Waals surface area contributed by atoms with Gasteiger partial charge in [0.2, 0.25) is 7.98 Å². The predicted octanol–water partition coefficient (Wildman–Crippen LogP) is 1.81. The number of hydrogen-bond donors (Lipinski definition) is 2. The Balaban J connectivity index is 2.68. The van der Waals surface area contributed by atoms with Crippen LogP contribution >= 0.6 is 0 Å². The average molecular weight is 352 g/mol. The highest BCUT2D eigenvalue weighted by atomic mass is 32.2. The van der Waals surface area contributed by atoms with E-state index in [1.807, 2.05) is 12.3 Å². The fourth-order valence-electron chi connectivity index (χ4n) is 2.37. The summed E-state index contributed by atoms with van der Waals surface area (Å²) in [5.74, 6) is 0. The van der Waals surface area contributed by atoms with Gasteiger partial charge in [0.05, 0.1) is 4.90 Å². The summed E-state index contributed by atoms with van der Waals surface area (Å²) in [5.41, 5.74) is 0. The Morgan fingerprint density at radius 1 is 1.17 bits per heavy atom. The molecule has 0 spiro atoms. The zero-order chi connectivity index (χ0) is 17.8. The van der Waals surface area contributed by atoms with E-state index in [1.165, 1.54) is 0 Å². The number of rotatable bonds is 11. The van der Waals surface area contributed by atoms with Crippen molar-refractivity contribution in [3.63, 3.8) is 0 Å². The van der Waals surface area contributed by atoms with E-state index < -0.39 is 21.2 Å². The minimum Gasteiger partial charge on any atom is -0.449 e. The van der Waals surface area contributed by atoms with E-state index in [0.29, 0.717) is 6.42 Å². The number of carbonyl (C=O) groups excluding carboxylic acids is 1. The van der Waals surface area contributed by atoms with Gasteiger partial charge in [-0.15, -0.1) is 0 Å². The van der Waals surface area contributed by atoms with Gasteiger partial charge in [0, 0.05) is 0 Å². The van der Waals surface area contributed by atoms with Crippen LogP contribution in [0.3, 0.4) is 0 Å². The summed E-state index contributed by atoms with van der Waals surface area (Å²) in [5, 5.41) is 4.14. The second-order valence-electron chi connectivity index (χ2n) is 5.53. The van der Waals surface area contributed by atoms with Crippen molar-refractivity contribution in [1.82, 2.24) is 10.5 Å². The molecule has 1 amide bonds. The van der Waals surface area contributed by atoms with Crippen molar-refractivity contribution in [2.24, 2.45) is 0 Å². The molecule has 1 aromatic carbocycles. The van der Waals surface area contributed by atoms with Crippen molar-refractivity contribution in [1.29, 1.82) is 0 Å². The van der Waals surface area contributed by atoms with Crippen LogP contribution in [0.4, 0.5) is 4.79 Å². The molecule has 1 aromatic rings. The van der Waals surface area contributed by atoms with Gasteiger partial charge in [-0.2, -0.15) is 0 Å². The lowest BCUT2D eigenvalue weighted by molar-refractivity contribution is 0.151. The van der Waals surface area contributed by atoms with E-state index in [2.05, 4.69) is 5.32 Å². The zero-order valence-corrected chi connectivity index (χ0v) is 14.8. The van der Waals surface area contributed by atoms with Crippen LogP contribution in [0.15, 0.2) is 35.2 Å². The largest absolute Gasteiger partial charge is 0.449 e. The summed E-state index contributed by atoms with van der Waals surface area (Å²) in [6, 6.07) is 8.22. The van der Waals surface area contributed by atoms with Crippen molar-refractivity contribution in [3.05, 3.63) is 30.3 Å². The normalized spacial score (nSPS) is 12.5. The number of ether oxygens (including phenoxy) is 1. The highest BCUT2D eigenvalue weighted by molar-refractivity contribution is 7.92. The molecule has 0 aliphatic carbocycles. The van der Waals surface area contributed by atoms with Crippen LogP contribution in [-0.4, -0.2) is 47.9 Å². The molecule has 0 aromatic heterocycles. The molecule has 132 valence electrons. The maximum atomic E-state index is 12.7. The van der Waals surface area contributed by atoms with Crippen LogP contribution in [0.25, 0.3) is 0 Å². The lowest BCUT2D eigenvalue weighted by Crippen LogP contribution is -2.31. The third-order valence-electron chi connectivity index (χ3n) is 3.73. The second kappa shape index (κ2) is 11.1. The van der Waals surface area contributed by atoms with Crippen LogP contribution in [0.1, 0.15) is 32.1 Å². The van der Waals surface area contributed by atoms with Crippen molar-refractivity contribution >= 4 is 23.9 Å². The van der Waals surface area contributed by atoms with E-state index in [4.69, 9.17) is 12.7 Å². The van der Waals surface area contributed by atoms with Gasteiger partial charge in [-0.25, -0.2) is 13.2 Å². The standard InChI is InChI=1S/C16H25BN2O4S/c1-18-12-8-3-2-5-11-15(13-23-16(20)19-17)24(21,22)14-9-6-4-7-10-14/h4,6-7,9-10,15,18H,2-3,5,8,11-13H2,1H3,(H,19,20). The van der Waals surface area contributed by atoms with Crippen LogP contribution in [0.2, 0.25) is 0 Å². The number of sulfone groups is 1. The Bertz CT molecular complexity index is 581. The topological polar surface area (TPSA) is 84.5 Å². The summed E-state index contributed by atoms with van der Waals surface area (Å²) < 4.78 is 30.4. The molecule has 0 heterocycles. The molecule has 1 atom stereocenters. The van der Waals surface area contributed by atoms with E-state index in [9.17, 15) is 13.2 Å². The smallest absolute Gasteiger partial charge is 0.394 e. The molecule has 1 unspecified atom stereocenters. The SMILES string of the molecule is [B]NC(=O)OCC(CCCCCCNC)S(=O)(=O)c1ccccc1. The first-order chi connectivity index (χ1) is 11.5. The van der Waals surface area contributed by atoms with Crippen molar-refractivity contribution < 1.29 is 17.9 Å². The highest BCUT2D eigenvalue weighted by Crippen LogP contribution is 2.21. The second-order valence-corrected chi connectivity index (χ2v) is 7.76. The number of unbranched alkanes of at least 4 members (excludes halogenated alkanes) is 3. The minimum absolute atomic E-state index is 0.212. The van der Waals surface area contributed by atoms with Crippen molar-refractivity contribution in [2.45, 2.75) is 42.2 Å². The predicted molar refractivity (Wildman–Crippen MR) is 94.7 cm³/mol. The lowest BCUT2D eigenvalue weighted by atomic mass is 10.1. The molecular formula is C16H25BN2O4S. The Morgan fingerprint density at radius 3 is 2.46 bits per heavy atom. The third-order valence-corrected chi connectivity index (χ3v) is 5.91. The molecule has 8 heteroatoms. The first-order valence-corrected chi connectivity index (χ1v) is 9.64. The summed E-state index contributed by atoms with van der Waals surface area (Å²) in [7, 11) is 3.31. The fraction of sp³-hybridized carbons (Fsp3) is 0.562. The molecule has 0 aliphatic rings. The Labute approximate surface area is 145 Å². The Kier molecular flexibility index (Phi) is 9.48. The van der Waals surface area contributed by atoms with Crippen molar-refractivity contribution in [2.75, 3.05) is 20.2 Å². The molecule has 0 saturated carbocycles. The zero-order valence-electron chi connectivity index (χ0n) is 14.0. The van der Waals surface area contributed by atoms with Crippen LogP contribution in [0, 0.1) is 0 Å². The fourth-order valence-corrected chi connectivity index (χ4v) is 4.01. The van der Waals surface area contributed by atoms with Crippen molar-refractivity contribution in [3.8, 4) is 0 Å². The molecular weight excluding hydrogens is 327 g/mol. The van der Waals surface area contributed by atoms with Gasteiger partial charge in [0.15, 0.2) is 9.84 Å². The number of nitrogens with one attached hydrogen (secondary N) is 2. The highest BCUT2D eigenvalue weighted by Gasteiger charge is 2.28. The quantitative estimate of drug-likeness (QED) is 0.469. The van der Waals surface area contributed by atoms with Crippen LogP contribution < -0.4 is 10.5 Å². The summed E-state index contributed by atoms with van der Waals surface area (Å²) in [6.07, 6.45) is 3.38. The molecule has 0 saturated heterocycles. The van der Waals surface area contributed by atoms with E-state index in [-0.39, 0.29) is 11.5 Å².